The molecule has 0 aromatic carbocycles. The molecule has 0 saturated carbocycles. The van der Waals surface area contributed by atoms with Gasteiger partial charge in [0, 0.05) is 23.5 Å². The standard InChI is InChI=1S/C7H7FN2O2/c8-6-2-5(9)4(3-10-6)1-7(11)12/h2-3H,1H2,(H2,9,10)(H,11,12). The van der Waals surface area contributed by atoms with Gasteiger partial charge in [-0.1, -0.05) is 0 Å². The van der Waals surface area contributed by atoms with Gasteiger partial charge in [-0.15, -0.1) is 0 Å². The van der Waals surface area contributed by atoms with E-state index in [0.29, 0.717) is 5.56 Å². The lowest BCUT2D eigenvalue weighted by atomic mass is 10.2. The number of hydrogen-bond donors (Lipinski definition) is 2. The van der Waals surface area contributed by atoms with Crippen molar-refractivity contribution in [3.63, 3.8) is 0 Å². The summed E-state index contributed by atoms with van der Waals surface area (Å²) >= 11 is 0. The van der Waals surface area contributed by atoms with Gasteiger partial charge in [0.05, 0.1) is 6.42 Å². The van der Waals surface area contributed by atoms with E-state index >= 15 is 0 Å². The molecule has 1 aromatic rings. The Kier molecular flexibility index (Phi) is 2.23. The van der Waals surface area contributed by atoms with Gasteiger partial charge >= 0.3 is 5.97 Å². The van der Waals surface area contributed by atoms with Crippen LogP contribution in [0.3, 0.4) is 0 Å². The fourth-order valence-electron chi connectivity index (χ4n) is 0.783. The number of hydrogen-bond acceptors (Lipinski definition) is 3. The zero-order valence-corrected chi connectivity index (χ0v) is 6.12. The second-order valence-corrected chi connectivity index (χ2v) is 2.28. The third-order valence-corrected chi connectivity index (χ3v) is 1.33. The summed E-state index contributed by atoms with van der Waals surface area (Å²) in [5, 5.41) is 8.38. The summed E-state index contributed by atoms with van der Waals surface area (Å²) in [6, 6.07) is 0.998. The molecule has 0 saturated heterocycles. The Balaban J connectivity index is 2.93. The van der Waals surface area contributed by atoms with Crippen molar-refractivity contribution in [3.05, 3.63) is 23.8 Å². The average molecular weight is 170 g/mol. The van der Waals surface area contributed by atoms with Crippen LogP contribution in [0.25, 0.3) is 0 Å². The Morgan fingerprint density at radius 1 is 1.75 bits per heavy atom. The topological polar surface area (TPSA) is 76.2 Å². The van der Waals surface area contributed by atoms with Crippen LogP contribution in [0.1, 0.15) is 5.56 Å². The first-order valence-corrected chi connectivity index (χ1v) is 3.21. The number of aromatic nitrogens is 1. The van der Waals surface area contributed by atoms with Crippen LogP contribution in [-0.4, -0.2) is 16.1 Å². The molecule has 5 heteroatoms. The number of carboxylic acids is 1. The number of aliphatic carboxylic acids is 1. The largest absolute Gasteiger partial charge is 0.481 e. The molecule has 1 heterocycles. The minimum atomic E-state index is -1.02. The van der Waals surface area contributed by atoms with E-state index in [9.17, 15) is 9.18 Å². The molecule has 0 aliphatic carbocycles. The number of nitrogens with two attached hydrogens (primary N) is 1. The molecule has 0 atom stereocenters. The Bertz CT molecular complexity index is 314. The number of rotatable bonds is 2. The smallest absolute Gasteiger partial charge is 0.307 e. The fourth-order valence-corrected chi connectivity index (χ4v) is 0.783. The van der Waals surface area contributed by atoms with Crippen LogP contribution in [0.5, 0.6) is 0 Å². The van der Waals surface area contributed by atoms with E-state index in [1.165, 1.54) is 0 Å². The van der Waals surface area contributed by atoms with Gasteiger partial charge in [-0.05, 0) is 0 Å². The summed E-state index contributed by atoms with van der Waals surface area (Å²) in [6.45, 7) is 0. The molecule has 0 fully saturated rings. The highest BCUT2D eigenvalue weighted by Crippen LogP contribution is 2.11. The van der Waals surface area contributed by atoms with Crippen molar-refractivity contribution in [2.75, 3.05) is 5.73 Å². The van der Waals surface area contributed by atoms with Gasteiger partial charge in [0.15, 0.2) is 0 Å². The molecule has 0 amide bonds. The first-order chi connectivity index (χ1) is 5.59. The van der Waals surface area contributed by atoms with Crippen LogP contribution in [0.15, 0.2) is 12.3 Å². The SMILES string of the molecule is Nc1cc(F)ncc1CC(=O)O. The van der Waals surface area contributed by atoms with Gasteiger partial charge in [0.25, 0.3) is 0 Å². The van der Waals surface area contributed by atoms with Crippen LogP contribution in [0, 0.1) is 5.95 Å². The number of anilines is 1. The highest BCUT2D eigenvalue weighted by atomic mass is 19.1. The van der Waals surface area contributed by atoms with Gasteiger partial charge in [-0.2, -0.15) is 4.39 Å². The van der Waals surface area contributed by atoms with E-state index in [2.05, 4.69) is 4.98 Å². The average Bonchev–Trinajstić information content (AvgIpc) is 1.94. The van der Waals surface area contributed by atoms with Crippen LogP contribution in [-0.2, 0) is 11.2 Å². The maximum atomic E-state index is 12.3. The first-order valence-electron chi connectivity index (χ1n) is 3.21. The molecule has 0 spiro atoms. The molecule has 0 unspecified atom stereocenters. The number of carboxylic acid groups (broad SMARTS) is 1. The van der Waals surface area contributed by atoms with E-state index in [0.717, 1.165) is 12.3 Å². The lowest BCUT2D eigenvalue weighted by Crippen LogP contribution is -2.04. The predicted octanol–water partition coefficient (Wildman–Crippen LogP) is 0.430. The maximum Gasteiger partial charge on any atom is 0.307 e. The van der Waals surface area contributed by atoms with E-state index < -0.39 is 11.9 Å². The van der Waals surface area contributed by atoms with E-state index in [1.807, 2.05) is 0 Å². The lowest BCUT2D eigenvalue weighted by molar-refractivity contribution is -0.136. The summed E-state index contributed by atoms with van der Waals surface area (Å²) in [4.78, 5) is 13.5. The minimum Gasteiger partial charge on any atom is -0.481 e. The van der Waals surface area contributed by atoms with Crippen molar-refractivity contribution >= 4 is 11.7 Å². The number of carbonyl (C=O) groups is 1. The molecule has 3 N–H and O–H groups in total. The Labute approximate surface area is 67.8 Å². The summed E-state index contributed by atoms with van der Waals surface area (Å²) in [6.07, 6.45) is 0.887. The molecule has 12 heavy (non-hydrogen) atoms. The molecule has 1 aromatic heterocycles. The van der Waals surface area contributed by atoms with E-state index in [1.54, 1.807) is 0 Å². The van der Waals surface area contributed by atoms with Crippen molar-refractivity contribution in [1.82, 2.24) is 4.98 Å². The Morgan fingerprint density at radius 2 is 2.42 bits per heavy atom. The van der Waals surface area contributed by atoms with Gasteiger partial charge in [-0.3, -0.25) is 4.79 Å². The van der Waals surface area contributed by atoms with Crippen LogP contribution >= 0.6 is 0 Å². The van der Waals surface area contributed by atoms with Gasteiger partial charge in [-0.25, -0.2) is 4.98 Å². The maximum absolute atomic E-state index is 12.3. The van der Waals surface area contributed by atoms with Crippen LogP contribution < -0.4 is 5.73 Å². The van der Waals surface area contributed by atoms with Gasteiger partial charge < -0.3 is 10.8 Å². The summed E-state index contributed by atoms with van der Waals surface area (Å²) in [5.41, 5.74) is 5.77. The van der Waals surface area contributed by atoms with Gasteiger partial charge in [0.1, 0.15) is 0 Å². The fraction of sp³-hybridized carbons (Fsp3) is 0.143. The number of nitrogen functional groups attached to an aromatic ring is 1. The van der Waals surface area contributed by atoms with Crippen molar-refractivity contribution in [2.45, 2.75) is 6.42 Å². The second-order valence-electron chi connectivity index (χ2n) is 2.28. The van der Waals surface area contributed by atoms with Crippen LogP contribution in [0.4, 0.5) is 10.1 Å². The van der Waals surface area contributed by atoms with Crippen LogP contribution in [0.2, 0.25) is 0 Å². The van der Waals surface area contributed by atoms with E-state index in [-0.39, 0.29) is 12.1 Å². The molecule has 64 valence electrons. The van der Waals surface area contributed by atoms with E-state index in [4.69, 9.17) is 10.8 Å². The predicted molar refractivity (Wildman–Crippen MR) is 39.9 cm³/mol. The summed E-state index contributed by atoms with van der Waals surface area (Å²) in [5.74, 6) is -1.73. The molecule has 0 aliphatic rings. The monoisotopic (exact) mass is 170 g/mol. The molecule has 4 nitrogen and oxygen atoms in total. The molecule has 1 rings (SSSR count). The first kappa shape index (κ1) is 8.45. The van der Waals surface area contributed by atoms with Crippen molar-refractivity contribution < 1.29 is 14.3 Å². The third kappa shape index (κ3) is 1.91. The normalized spacial score (nSPS) is 9.75. The quantitative estimate of drug-likeness (QED) is 0.631. The number of halogens is 1. The zero-order chi connectivity index (χ0) is 9.14. The lowest BCUT2D eigenvalue weighted by Gasteiger charge is -2.00. The summed E-state index contributed by atoms with van der Waals surface area (Å²) in [7, 11) is 0. The number of pyridine rings is 1. The summed E-state index contributed by atoms with van der Waals surface area (Å²) < 4.78 is 12.3. The second kappa shape index (κ2) is 3.17. The molecular weight excluding hydrogens is 163 g/mol. The van der Waals surface area contributed by atoms with Gasteiger partial charge in [0.2, 0.25) is 5.95 Å². The highest BCUT2D eigenvalue weighted by Gasteiger charge is 2.05. The Morgan fingerprint density at radius 3 is 2.92 bits per heavy atom. The Hall–Kier alpha value is -1.65. The molecule has 0 aliphatic heterocycles. The molecule has 0 bridgehead atoms. The third-order valence-electron chi connectivity index (χ3n) is 1.33. The highest BCUT2D eigenvalue weighted by molar-refractivity contribution is 5.72. The number of nitrogens with zero attached hydrogens (tertiary/aromatic N) is 1. The zero-order valence-electron chi connectivity index (χ0n) is 6.12. The van der Waals surface area contributed by atoms with Crippen molar-refractivity contribution in [1.29, 1.82) is 0 Å². The van der Waals surface area contributed by atoms with Crippen molar-refractivity contribution in [2.24, 2.45) is 0 Å². The molecular formula is C7H7FN2O2. The minimum absolute atomic E-state index is 0.116. The van der Waals surface area contributed by atoms with Crippen molar-refractivity contribution in [3.8, 4) is 0 Å². The molecule has 0 radical (unpaired) electrons.